The molecule has 0 heterocycles. The lowest BCUT2D eigenvalue weighted by Crippen LogP contribution is -2.13. The maximum atomic E-state index is 12.7. The van der Waals surface area contributed by atoms with Gasteiger partial charge in [-0.05, 0) is 83.5 Å². The molecule has 36 heavy (non-hydrogen) atoms. The van der Waals surface area contributed by atoms with Crippen LogP contribution in [0.5, 0.6) is 11.5 Å². The molecule has 1 N–H and O–H groups in total. The van der Waals surface area contributed by atoms with Crippen LogP contribution in [0.2, 0.25) is 5.02 Å². The number of carbonyl (C=O) groups excluding carboxylic acids is 1. The lowest BCUT2D eigenvalue weighted by Gasteiger charge is -2.15. The van der Waals surface area contributed by atoms with Crippen molar-refractivity contribution in [2.75, 3.05) is 11.9 Å². The minimum Gasteiger partial charge on any atom is -0.490 e. The zero-order chi connectivity index (χ0) is 26.2. The molecule has 0 saturated carbocycles. The van der Waals surface area contributed by atoms with Gasteiger partial charge in [-0.3, -0.25) is 14.9 Å². The number of benzene rings is 3. The van der Waals surface area contributed by atoms with E-state index in [1.165, 1.54) is 18.2 Å². The number of carbonyl (C=O) groups is 1. The minimum atomic E-state index is -0.573. The second-order valence-corrected chi connectivity index (χ2v) is 9.14. The quantitative estimate of drug-likeness (QED) is 0.0941. The van der Waals surface area contributed by atoms with Crippen LogP contribution < -0.4 is 14.8 Å². The molecule has 0 saturated heterocycles. The number of hydrogen-bond acceptors (Lipinski definition) is 6. The summed E-state index contributed by atoms with van der Waals surface area (Å²) >= 11 is 8.19. The Morgan fingerprint density at radius 2 is 2.00 bits per heavy atom. The van der Waals surface area contributed by atoms with Crippen molar-refractivity contribution in [2.45, 2.75) is 20.5 Å². The number of hydrogen-bond donors (Lipinski definition) is 1. The molecule has 10 heteroatoms. The number of anilines is 1. The number of ether oxygens (including phenoxy) is 2. The third-order valence-corrected chi connectivity index (χ3v) is 6.15. The van der Waals surface area contributed by atoms with Gasteiger partial charge in [-0.2, -0.15) is 5.26 Å². The van der Waals surface area contributed by atoms with Gasteiger partial charge in [-0.25, -0.2) is 0 Å². The van der Waals surface area contributed by atoms with Gasteiger partial charge in [0.05, 0.1) is 15.1 Å². The molecule has 1 amide bonds. The van der Waals surface area contributed by atoms with Gasteiger partial charge in [0.25, 0.3) is 11.6 Å². The summed E-state index contributed by atoms with van der Waals surface area (Å²) in [4.78, 5) is 23.3. The molecule has 0 aliphatic rings. The van der Waals surface area contributed by atoms with Gasteiger partial charge in [0.2, 0.25) is 0 Å². The molecule has 0 aromatic heterocycles. The molecule has 0 radical (unpaired) electrons. The van der Waals surface area contributed by atoms with Crippen LogP contribution in [0.25, 0.3) is 6.08 Å². The molecule has 3 aromatic rings. The lowest BCUT2D eigenvalue weighted by atomic mass is 10.1. The van der Waals surface area contributed by atoms with Gasteiger partial charge in [0.15, 0.2) is 11.5 Å². The lowest BCUT2D eigenvalue weighted by molar-refractivity contribution is -0.384. The van der Waals surface area contributed by atoms with Gasteiger partial charge in [0.1, 0.15) is 18.2 Å². The summed E-state index contributed by atoms with van der Waals surface area (Å²) < 4.78 is 12.4. The summed E-state index contributed by atoms with van der Waals surface area (Å²) in [5.41, 5.74) is 2.43. The van der Waals surface area contributed by atoms with Gasteiger partial charge in [0, 0.05) is 22.8 Å². The fourth-order valence-corrected chi connectivity index (χ4v) is 4.14. The van der Waals surface area contributed by atoms with Crippen molar-refractivity contribution >= 4 is 57.5 Å². The molecule has 0 spiro atoms. The highest BCUT2D eigenvalue weighted by Crippen LogP contribution is 2.36. The van der Waals surface area contributed by atoms with Crippen molar-refractivity contribution in [2.24, 2.45) is 0 Å². The predicted molar refractivity (Wildman–Crippen MR) is 146 cm³/mol. The molecule has 3 aromatic carbocycles. The van der Waals surface area contributed by atoms with Crippen LogP contribution in [-0.4, -0.2) is 17.4 Å². The zero-order valence-corrected chi connectivity index (χ0v) is 22.3. The molecule has 0 unspecified atom stereocenters. The number of nitrogens with one attached hydrogen (secondary N) is 1. The molecule has 0 fully saturated rings. The van der Waals surface area contributed by atoms with E-state index in [0.29, 0.717) is 43.5 Å². The molecule has 0 aliphatic carbocycles. The number of rotatable bonds is 9. The van der Waals surface area contributed by atoms with Crippen LogP contribution in [0.15, 0.2) is 60.2 Å². The Hall–Kier alpha value is -3.62. The van der Waals surface area contributed by atoms with Crippen molar-refractivity contribution in [3.05, 3.63) is 95.6 Å². The van der Waals surface area contributed by atoms with Crippen LogP contribution in [0, 0.1) is 31.9 Å². The first kappa shape index (κ1) is 27.0. The van der Waals surface area contributed by atoms with Crippen LogP contribution >= 0.6 is 34.2 Å². The first-order chi connectivity index (χ1) is 17.2. The Morgan fingerprint density at radius 3 is 2.67 bits per heavy atom. The molecular weight excluding hydrogens is 597 g/mol. The van der Waals surface area contributed by atoms with Crippen molar-refractivity contribution in [1.82, 2.24) is 0 Å². The van der Waals surface area contributed by atoms with Crippen LogP contribution in [-0.2, 0) is 11.4 Å². The monoisotopic (exact) mass is 617 g/mol. The SMILES string of the molecule is CCOc1cc(/C=C(/C#N)C(=O)Nc2ccc(C)c(Cl)c2)cc(I)c1OCc1cccc([N+](=O)[O-])c1. The van der Waals surface area contributed by atoms with E-state index >= 15 is 0 Å². The average Bonchev–Trinajstić information content (AvgIpc) is 2.84. The smallest absolute Gasteiger partial charge is 0.269 e. The van der Waals surface area contributed by atoms with E-state index in [2.05, 4.69) is 27.9 Å². The summed E-state index contributed by atoms with van der Waals surface area (Å²) in [5.74, 6) is 0.304. The fourth-order valence-electron chi connectivity index (χ4n) is 3.17. The van der Waals surface area contributed by atoms with Gasteiger partial charge in [-0.1, -0.05) is 29.8 Å². The third kappa shape index (κ3) is 6.96. The highest BCUT2D eigenvalue weighted by Gasteiger charge is 2.16. The molecule has 3 rings (SSSR count). The van der Waals surface area contributed by atoms with Crippen LogP contribution in [0.3, 0.4) is 0 Å². The number of halogens is 2. The van der Waals surface area contributed by atoms with Crippen molar-refractivity contribution in [3.63, 3.8) is 0 Å². The number of nitriles is 1. The Morgan fingerprint density at radius 1 is 1.22 bits per heavy atom. The second-order valence-electron chi connectivity index (χ2n) is 7.57. The molecule has 184 valence electrons. The Bertz CT molecular complexity index is 1380. The van der Waals surface area contributed by atoms with E-state index in [1.54, 1.807) is 42.5 Å². The molecule has 0 bridgehead atoms. The van der Waals surface area contributed by atoms with Crippen molar-refractivity contribution in [3.8, 4) is 17.6 Å². The summed E-state index contributed by atoms with van der Waals surface area (Å²) in [6.07, 6.45) is 1.46. The highest BCUT2D eigenvalue weighted by molar-refractivity contribution is 14.1. The molecule has 0 atom stereocenters. The number of aryl methyl sites for hydroxylation is 1. The van der Waals surface area contributed by atoms with E-state index in [1.807, 2.05) is 19.9 Å². The highest BCUT2D eigenvalue weighted by atomic mass is 127. The van der Waals surface area contributed by atoms with Crippen molar-refractivity contribution < 1.29 is 19.2 Å². The Balaban J connectivity index is 1.85. The first-order valence-electron chi connectivity index (χ1n) is 10.7. The predicted octanol–water partition coefficient (Wildman–Crippen LogP) is 6.68. The number of nitro groups is 1. The number of amides is 1. The average molecular weight is 618 g/mol. The third-order valence-electron chi connectivity index (χ3n) is 4.94. The summed E-state index contributed by atoms with van der Waals surface area (Å²) in [5, 5.41) is 23.8. The molecular formula is C26H21ClIN3O5. The van der Waals surface area contributed by atoms with Crippen LogP contribution in [0.4, 0.5) is 11.4 Å². The zero-order valence-electron chi connectivity index (χ0n) is 19.4. The summed E-state index contributed by atoms with van der Waals surface area (Å²) in [7, 11) is 0. The molecule has 0 aliphatic heterocycles. The Labute approximate surface area is 226 Å². The van der Waals surface area contributed by atoms with E-state index in [9.17, 15) is 20.2 Å². The van der Waals surface area contributed by atoms with Crippen LogP contribution in [0.1, 0.15) is 23.6 Å². The number of nitro benzene ring substituents is 1. The maximum Gasteiger partial charge on any atom is 0.269 e. The van der Waals surface area contributed by atoms with E-state index in [0.717, 1.165) is 5.56 Å². The normalized spacial score (nSPS) is 10.9. The largest absolute Gasteiger partial charge is 0.490 e. The Kier molecular flexibility index (Phi) is 9.27. The second kappa shape index (κ2) is 12.4. The molecule has 8 nitrogen and oxygen atoms in total. The number of nitrogens with zero attached hydrogens (tertiary/aromatic N) is 2. The van der Waals surface area contributed by atoms with Gasteiger partial charge < -0.3 is 14.8 Å². The van der Waals surface area contributed by atoms with E-state index in [-0.39, 0.29) is 17.9 Å². The standard InChI is InChI=1S/C26H21ClIN3O5/c1-3-35-24-12-18(9-19(14-29)26(32)30-20-8-7-16(2)22(27)13-20)11-23(28)25(24)36-15-17-5-4-6-21(10-17)31(33)34/h4-13H,3,15H2,1-2H3,(H,30,32)/b19-9-. The van der Waals surface area contributed by atoms with Crippen molar-refractivity contribution in [1.29, 1.82) is 5.26 Å². The minimum absolute atomic E-state index is 0.0217. The van der Waals surface area contributed by atoms with E-state index in [4.69, 9.17) is 21.1 Å². The summed E-state index contributed by atoms with van der Waals surface area (Å²) in [6, 6.07) is 16.6. The summed E-state index contributed by atoms with van der Waals surface area (Å²) in [6.45, 7) is 4.12. The topological polar surface area (TPSA) is 114 Å². The number of non-ortho nitro benzene ring substituents is 1. The van der Waals surface area contributed by atoms with Gasteiger partial charge >= 0.3 is 0 Å². The first-order valence-corrected chi connectivity index (χ1v) is 12.2. The fraction of sp³-hybridized carbons (Fsp3) is 0.154. The van der Waals surface area contributed by atoms with E-state index < -0.39 is 10.8 Å². The maximum absolute atomic E-state index is 12.7. The van der Waals surface area contributed by atoms with Gasteiger partial charge in [-0.15, -0.1) is 0 Å².